The number of aliphatic hydroxyl groups excluding tert-OH is 1. The highest BCUT2D eigenvalue weighted by atomic mass is 31.2. The lowest BCUT2D eigenvalue weighted by atomic mass is 10.0. The van der Waals surface area contributed by atoms with Crippen LogP contribution in [0.3, 0.4) is 0 Å². The monoisotopic (exact) mass is 437 g/mol. The van der Waals surface area contributed by atoms with Gasteiger partial charge < -0.3 is 29.1 Å². The number of unbranched alkanes of at least 4 members (excludes halogenated alkanes) is 13. The summed E-state index contributed by atoms with van der Waals surface area (Å²) in [5.74, 6) is 0. The lowest BCUT2D eigenvalue weighted by molar-refractivity contribution is 0.117. The molecular weight excluding hydrogens is 393 g/mol. The summed E-state index contributed by atoms with van der Waals surface area (Å²) in [6.45, 7) is 2.87. The predicted octanol–water partition coefficient (Wildman–Crippen LogP) is 5.44. The Morgan fingerprint density at radius 1 is 0.759 bits per heavy atom. The highest BCUT2D eigenvalue weighted by molar-refractivity contribution is 7.40. The standard InChI is InChI=1S/C21H44NO6P/c1-2-3-4-5-6-7-8-9-10-11-12-13-14-15-18-27-29(25)28-19-16-22-21(24)26-20-17-23/h23,25H,2-20H2,1H3,(H,22,24). The van der Waals surface area contributed by atoms with Gasteiger partial charge in [-0.3, -0.25) is 0 Å². The molecule has 7 nitrogen and oxygen atoms in total. The third-order valence-corrected chi connectivity index (χ3v) is 5.40. The van der Waals surface area contributed by atoms with Crippen LogP contribution in [-0.4, -0.2) is 49.1 Å². The van der Waals surface area contributed by atoms with Crippen LogP contribution in [0.1, 0.15) is 96.8 Å². The highest BCUT2D eigenvalue weighted by Gasteiger charge is 2.07. The number of aliphatic hydroxyl groups is 1. The van der Waals surface area contributed by atoms with Crippen LogP contribution in [0.4, 0.5) is 4.79 Å². The molecule has 0 bridgehead atoms. The average Bonchev–Trinajstić information content (AvgIpc) is 2.72. The van der Waals surface area contributed by atoms with Crippen molar-refractivity contribution in [3.05, 3.63) is 0 Å². The molecule has 0 heterocycles. The first-order valence-electron chi connectivity index (χ1n) is 11.5. The van der Waals surface area contributed by atoms with Crippen molar-refractivity contribution in [3.8, 4) is 0 Å². The van der Waals surface area contributed by atoms with E-state index < -0.39 is 14.7 Å². The lowest BCUT2D eigenvalue weighted by Gasteiger charge is -2.11. The molecule has 0 aromatic rings. The maximum absolute atomic E-state index is 11.1. The summed E-state index contributed by atoms with van der Waals surface area (Å²) in [6, 6.07) is 0. The van der Waals surface area contributed by atoms with Gasteiger partial charge in [0.15, 0.2) is 0 Å². The fourth-order valence-corrected chi connectivity index (χ4v) is 3.55. The van der Waals surface area contributed by atoms with E-state index in [-0.39, 0.29) is 26.4 Å². The van der Waals surface area contributed by atoms with Gasteiger partial charge >= 0.3 is 14.7 Å². The number of ether oxygens (including phenoxy) is 1. The summed E-state index contributed by atoms with van der Waals surface area (Å²) >= 11 is 0. The maximum Gasteiger partial charge on any atom is 0.407 e. The van der Waals surface area contributed by atoms with Gasteiger partial charge in [0.25, 0.3) is 0 Å². The van der Waals surface area contributed by atoms with Gasteiger partial charge in [0.05, 0.1) is 19.8 Å². The molecule has 1 atom stereocenters. The van der Waals surface area contributed by atoms with Crippen molar-refractivity contribution < 1.29 is 28.6 Å². The van der Waals surface area contributed by atoms with Crippen molar-refractivity contribution >= 4 is 14.7 Å². The largest absolute Gasteiger partial charge is 0.447 e. The van der Waals surface area contributed by atoms with Crippen molar-refractivity contribution in [1.29, 1.82) is 0 Å². The Kier molecular flexibility index (Phi) is 23.4. The van der Waals surface area contributed by atoms with Crippen LogP contribution in [0.2, 0.25) is 0 Å². The molecule has 3 N–H and O–H groups in total. The van der Waals surface area contributed by atoms with E-state index in [9.17, 15) is 9.69 Å². The third kappa shape index (κ3) is 23.7. The first-order chi connectivity index (χ1) is 14.2. The van der Waals surface area contributed by atoms with Gasteiger partial charge in [-0.2, -0.15) is 0 Å². The molecule has 0 fully saturated rings. The van der Waals surface area contributed by atoms with Gasteiger partial charge in [0, 0.05) is 6.54 Å². The maximum atomic E-state index is 11.1. The molecule has 1 amide bonds. The Morgan fingerprint density at radius 3 is 1.76 bits per heavy atom. The van der Waals surface area contributed by atoms with Gasteiger partial charge in [-0.1, -0.05) is 90.4 Å². The Bertz CT molecular complexity index is 349. The molecule has 1 unspecified atom stereocenters. The zero-order valence-corrected chi connectivity index (χ0v) is 19.3. The number of nitrogens with one attached hydrogen (secondary N) is 1. The minimum atomic E-state index is -1.90. The molecule has 0 spiro atoms. The summed E-state index contributed by atoms with van der Waals surface area (Å²) in [6.07, 6.45) is 17.7. The quantitative estimate of drug-likeness (QED) is 0.154. The van der Waals surface area contributed by atoms with Crippen molar-refractivity contribution in [1.82, 2.24) is 5.32 Å². The number of hydrogen-bond acceptors (Lipinski definition) is 6. The minimum absolute atomic E-state index is 0.0400. The second kappa shape index (κ2) is 23.8. The third-order valence-electron chi connectivity index (χ3n) is 4.60. The van der Waals surface area contributed by atoms with E-state index in [1.807, 2.05) is 0 Å². The van der Waals surface area contributed by atoms with Crippen LogP contribution in [0, 0.1) is 0 Å². The van der Waals surface area contributed by atoms with Crippen molar-refractivity contribution in [3.63, 3.8) is 0 Å². The molecule has 0 radical (unpaired) electrons. The van der Waals surface area contributed by atoms with Gasteiger partial charge in [0.2, 0.25) is 0 Å². The molecule has 0 aliphatic carbocycles. The number of hydrogen-bond donors (Lipinski definition) is 3. The predicted molar refractivity (Wildman–Crippen MR) is 118 cm³/mol. The number of carbonyl (C=O) groups excluding carboxylic acids is 1. The van der Waals surface area contributed by atoms with Crippen LogP contribution >= 0.6 is 8.60 Å². The minimum Gasteiger partial charge on any atom is -0.447 e. The highest BCUT2D eigenvalue weighted by Crippen LogP contribution is 2.32. The SMILES string of the molecule is CCCCCCCCCCCCCCCCOP(O)OCCNC(=O)OCCO. The molecule has 174 valence electrons. The fraction of sp³-hybridized carbons (Fsp3) is 0.952. The zero-order chi connectivity index (χ0) is 21.4. The van der Waals surface area contributed by atoms with Gasteiger partial charge in [-0.25, -0.2) is 4.79 Å². The second-order valence-electron chi connectivity index (χ2n) is 7.29. The van der Waals surface area contributed by atoms with E-state index in [1.165, 1.54) is 77.0 Å². The molecule has 8 heteroatoms. The van der Waals surface area contributed by atoms with Gasteiger partial charge in [-0.15, -0.1) is 0 Å². The molecule has 29 heavy (non-hydrogen) atoms. The van der Waals surface area contributed by atoms with Crippen LogP contribution in [-0.2, 0) is 13.8 Å². The van der Waals surface area contributed by atoms with E-state index in [2.05, 4.69) is 17.0 Å². The van der Waals surface area contributed by atoms with Crippen molar-refractivity contribution in [2.45, 2.75) is 96.8 Å². The smallest absolute Gasteiger partial charge is 0.407 e. The molecular formula is C21H44NO6P. The second-order valence-corrected chi connectivity index (χ2v) is 8.28. The number of amides is 1. The Labute approximate surface area is 178 Å². The summed E-state index contributed by atoms with van der Waals surface area (Å²) in [5.41, 5.74) is 0. The van der Waals surface area contributed by atoms with E-state index in [1.54, 1.807) is 0 Å². The average molecular weight is 438 g/mol. The van der Waals surface area contributed by atoms with E-state index in [0.29, 0.717) is 6.61 Å². The van der Waals surface area contributed by atoms with E-state index in [0.717, 1.165) is 12.8 Å². The zero-order valence-electron chi connectivity index (χ0n) is 18.4. The van der Waals surface area contributed by atoms with Crippen LogP contribution in [0.5, 0.6) is 0 Å². The molecule has 0 rings (SSSR count). The summed E-state index contributed by atoms with van der Waals surface area (Å²) in [7, 11) is -1.90. The van der Waals surface area contributed by atoms with Crippen molar-refractivity contribution in [2.24, 2.45) is 0 Å². The summed E-state index contributed by atoms with van der Waals surface area (Å²) in [5, 5.41) is 11.0. The normalized spacial score (nSPS) is 12.1. The summed E-state index contributed by atoms with van der Waals surface area (Å²) in [4.78, 5) is 20.7. The Balaban J connectivity index is 3.19. The van der Waals surface area contributed by atoms with Crippen molar-refractivity contribution in [2.75, 3.05) is 33.0 Å². The van der Waals surface area contributed by atoms with E-state index in [4.69, 9.17) is 14.2 Å². The Morgan fingerprint density at radius 2 is 1.24 bits per heavy atom. The van der Waals surface area contributed by atoms with Gasteiger partial charge in [0.1, 0.15) is 6.61 Å². The molecule has 0 aromatic carbocycles. The molecule has 0 aromatic heterocycles. The first-order valence-corrected chi connectivity index (χ1v) is 12.6. The van der Waals surface area contributed by atoms with Crippen LogP contribution < -0.4 is 5.32 Å². The van der Waals surface area contributed by atoms with Crippen LogP contribution in [0.15, 0.2) is 0 Å². The number of rotatable bonds is 22. The Hall–Kier alpha value is -0.460. The van der Waals surface area contributed by atoms with E-state index >= 15 is 0 Å². The fourth-order valence-electron chi connectivity index (χ4n) is 2.94. The first kappa shape index (κ1) is 28.5. The van der Waals surface area contributed by atoms with Gasteiger partial charge in [-0.05, 0) is 6.42 Å². The number of alkyl carbamates (subject to hydrolysis) is 1. The van der Waals surface area contributed by atoms with Crippen LogP contribution in [0.25, 0.3) is 0 Å². The topological polar surface area (TPSA) is 97.2 Å². The molecule has 0 aliphatic rings. The molecule has 0 saturated carbocycles. The molecule has 0 saturated heterocycles. The summed E-state index contributed by atoms with van der Waals surface area (Å²) < 4.78 is 15.0. The lowest BCUT2D eigenvalue weighted by Crippen LogP contribution is -2.28. The number of carbonyl (C=O) groups is 1. The molecule has 0 aliphatic heterocycles.